The zero-order valence-corrected chi connectivity index (χ0v) is 11.3. The minimum absolute atomic E-state index is 0.139. The number of hydrogen-bond donors (Lipinski definition) is 2. The maximum absolute atomic E-state index is 11.4. The first-order chi connectivity index (χ1) is 8.49. The summed E-state index contributed by atoms with van der Waals surface area (Å²) in [5.41, 5.74) is 0.930. The van der Waals surface area contributed by atoms with Crippen LogP contribution in [0.2, 0.25) is 0 Å². The fourth-order valence-electron chi connectivity index (χ4n) is 1.98. The Morgan fingerprint density at radius 3 is 2.33 bits per heavy atom. The van der Waals surface area contributed by atoms with E-state index in [9.17, 15) is 9.59 Å². The molecule has 1 rings (SSSR count). The Labute approximate surface area is 109 Å². The second kappa shape index (κ2) is 7.03. The molecular formula is C13H23N3O2. The van der Waals surface area contributed by atoms with Gasteiger partial charge in [0.15, 0.2) is 0 Å². The molecule has 2 N–H and O–H groups in total. The van der Waals surface area contributed by atoms with Gasteiger partial charge in [-0.15, -0.1) is 0 Å². The average molecular weight is 253 g/mol. The Balaban J connectivity index is 2.15. The molecule has 1 aliphatic rings. The van der Waals surface area contributed by atoms with E-state index in [1.54, 1.807) is 6.92 Å². The predicted octanol–water partition coefficient (Wildman–Crippen LogP) is 1.12. The number of rotatable bonds is 4. The van der Waals surface area contributed by atoms with Crippen molar-refractivity contribution in [1.29, 1.82) is 0 Å². The highest BCUT2D eigenvalue weighted by atomic mass is 16.2. The summed E-state index contributed by atoms with van der Waals surface area (Å²) in [5, 5.41) is 5.59. The van der Waals surface area contributed by atoms with Crippen molar-refractivity contribution in [3.8, 4) is 0 Å². The fraction of sp³-hybridized carbons (Fsp3) is 0.692. The van der Waals surface area contributed by atoms with Gasteiger partial charge in [-0.3, -0.25) is 4.79 Å². The van der Waals surface area contributed by atoms with Crippen LogP contribution >= 0.6 is 0 Å². The molecule has 0 aliphatic carbocycles. The van der Waals surface area contributed by atoms with Crippen LogP contribution in [0.3, 0.4) is 0 Å². The van der Waals surface area contributed by atoms with Crippen LogP contribution in [0.5, 0.6) is 0 Å². The van der Waals surface area contributed by atoms with E-state index in [4.69, 9.17) is 0 Å². The van der Waals surface area contributed by atoms with E-state index in [1.807, 2.05) is 11.8 Å². The maximum Gasteiger partial charge on any atom is 0.315 e. The highest BCUT2D eigenvalue weighted by Crippen LogP contribution is 2.16. The van der Waals surface area contributed by atoms with Gasteiger partial charge in [0.1, 0.15) is 0 Å². The normalized spacial score (nSPS) is 16.2. The number of piperidine rings is 1. The maximum atomic E-state index is 11.4. The number of likely N-dealkylation sites (tertiary alicyclic amines) is 1. The molecule has 0 aromatic carbocycles. The molecule has 5 nitrogen and oxygen atoms in total. The summed E-state index contributed by atoms with van der Waals surface area (Å²) < 4.78 is 0. The average Bonchev–Trinajstić information content (AvgIpc) is 2.34. The second-order valence-corrected chi connectivity index (χ2v) is 4.97. The number of carbonyl (C=O) groups is 2. The van der Waals surface area contributed by atoms with E-state index in [1.165, 1.54) is 0 Å². The monoisotopic (exact) mass is 253 g/mol. The van der Waals surface area contributed by atoms with Gasteiger partial charge in [-0.1, -0.05) is 12.2 Å². The number of nitrogens with one attached hydrogen (secondary N) is 2. The van der Waals surface area contributed by atoms with Crippen LogP contribution < -0.4 is 10.6 Å². The largest absolute Gasteiger partial charge is 0.343 e. The van der Waals surface area contributed by atoms with Gasteiger partial charge in [0.2, 0.25) is 5.91 Å². The van der Waals surface area contributed by atoms with Gasteiger partial charge in [-0.05, 0) is 25.7 Å². The molecule has 5 heteroatoms. The smallest absolute Gasteiger partial charge is 0.315 e. The van der Waals surface area contributed by atoms with Crippen LogP contribution in [0, 0.1) is 5.92 Å². The zero-order chi connectivity index (χ0) is 13.5. The summed E-state index contributed by atoms with van der Waals surface area (Å²) in [7, 11) is 0. The third kappa shape index (κ3) is 5.21. The van der Waals surface area contributed by atoms with E-state index in [2.05, 4.69) is 17.2 Å². The van der Waals surface area contributed by atoms with Gasteiger partial charge < -0.3 is 15.5 Å². The molecule has 1 fully saturated rings. The molecule has 1 aliphatic heterocycles. The van der Waals surface area contributed by atoms with E-state index >= 15 is 0 Å². The number of urea groups is 1. The van der Waals surface area contributed by atoms with Gasteiger partial charge in [0, 0.05) is 33.1 Å². The van der Waals surface area contributed by atoms with Crippen LogP contribution in [-0.4, -0.2) is 43.0 Å². The lowest BCUT2D eigenvalue weighted by Gasteiger charge is -2.31. The molecule has 0 aromatic rings. The molecule has 1 heterocycles. The standard InChI is InChI=1S/C13H23N3O2/c1-10(2)8-14-13(18)15-9-12-4-6-16(7-5-12)11(3)17/h12H,1,4-9H2,2-3H3,(H2,14,15,18). The molecule has 3 amide bonds. The third-order valence-electron chi connectivity index (χ3n) is 3.16. The van der Waals surface area contributed by atoms with Crippen molar-refractivity contribution in [3.05, 3.63) is 12.2 Å². The molecule has 18 heavy (non-hydrogen) atoms. The lowest BCUT2D eigenvalue weighted by Crippen LogP contribution is -2.43. The van der Waals surface area contributed by atoms with Crippen LogP contribution in [-0.2, 0) is 4.79 Å². The molecule has 0 atom stereocenters. The van der Waals surface area contributed by atoms with E-state index in [0.717, 1.165) is 31.5 Å². The highest BCUT2D eigenvalue weighted by Gasteiger charge is 2.20. The summed E-state index contributed by atoms with van der Waals surface area (Å²) in [4.78, 5) is 24.5. The Bertz CT molecular complexity index is 320. The first-order valence-corrected chi connectivity index (χ1v) is 6.40. The SMILES string of the molecule is C=C(C)CNC(=O)NCC1CCN(C(C)=O)CC1. The van der Waals surface area contributed by atoms with Gasteiger partial charge in [-0.25, -0.2) is 4.79 Å². The second-order valence-electron chi connectivity index (χ2n) is 4.97. The van der Waals surface area contributed by atoms with Crippen molar-refractivity contribution in [2.75, 3.05) is 26.2 Å². The molecule has 1 saturated heterocycles. The Kier molecular flexibility index (Phi) is 5.68. The minimum Gasteiger partial charge on any atom is -0.343 e. The van der Waals surface area contributed by atoms with E-state index in [-0.39, 0.29) is 11.9 Å². The van der Waals surface area contributed by atoms with E-state index in [0.29, 0.717) is 19.0 Å². The summed E-state index contributed by atoms with van der Waals surface area (Å²) in [5.74, 6) is 0.608. The summed E-state index contributed by atoms with van der Waals surface area (Å²) in [6, 6.07) is -0.146. The van der Waals surface area contributed by atoms with Gasteiger partial charge in [0.05, 0.1) is 0 Å². The molecule has 0 saturated carbocycles. The summed E-state index contributed by atoms with van der Waals surface area (Å²) in [6.45, 7) is 9.98. The predicted molar refractivity (Wildman–Crippen MR) is 71.2 cm³/mol. The topological polar surface area (TPSA) is 61.4 Å². The van der Waals surface area contributed by atoms with Crippen molar-refractivity contribution < 1.29 is 9.59 Å². The van der Waals surface area contributed by atoms with Crippen molar-refractivity contribution in [2.24, 2.45) is 5.92 Å². The lowest BCUT2D eigenvalue weighted by molar-refractivity contribution is -0.130. The van der Waals surface area contributed by atoms with Crippen molar-refractivity contribution in [2.45, 2.75) is 26.7 Å². The van der Waals surface area contributed by atoms with E-state index < -0.39 is 0 Å². The number of amides is 3. The molecule has 0 unspecified atom stereocenters. The van der Waals surface area contributed by atoms with Gasteiger partial charge in [-0.2, -0.15) is 0 Å². The van der Waals surface area contributed by atoms with Crippen LogP contribution in [0.15, 0.2) is 12.2 Å². The molecule has 0 aromatic heterocycles. The Hall–Kier alpha value is -1.52. The molecule has 0 bridgehead atoms. The minimum atomic E-state index is -0.146. The summed E-state index contributed by atoms with van der Waals surface area (Å²) >= 11 is 0. The van der Waals surface area contributed by atoms with Crippen molar-refractivity contribution in [1.82, 2.24) is 15.5 Å². The Morgan fingerprint density at radius 1 is 1.22 bits per heavy atom. The molecular weight excluding hydrogens is 230 g/mol. The van der Waals surface area contributed by atoms with Crippen LogP contribution in [0.25, 0.3) is 0 Å². The zero-order valence-electron chi connectivity index (χ0n) is 11.3. The van der Waals surface area contributed by atoms with Crippen LogP contribution in [0.4, 0.5) is 4.79 Å². The number of carbonyl (C=O) groups excluding carboxylic acids is 2. The molecule has 0 spiro atoms. The molecule has 0 radical (unpaired) electrons. The highest BCUT2D eigenvalue weighted by molar-refractivity contribution is 5.74. The fourth-order valence-corrected chi connectivity index (χ4v) is 1.98. The van der Waals surface area contributed by atoms with Gasteiger partial charge in [0.25, 0.3) is 0 Å². The van der Waals surface area contributed by atoms with Gasteiger partial charge >= 0.3 is 6.03 Å². The molecule has 102 valence electrons. The number of nitrogens with zero attached hydrogens (tertiary/aromatic N) is 1. The third-order valence-corrected chi connectivity index (χ3v) is 3.16. The lowest BCUT2D eigenvalue weighted by atomic mass is 9.97. The van der Waals surface area contributed by atoms with Crippen LogP contribution in [0.1, 0.15) is 26.7 Å². The summed E-state index contributed by atoms with van der Waals surface area (Å²) in [6.07, 6.45) is 1.92. The van der Waals surface area contributed by atoms with Crippen molar-refractivity contribution >= 4 is 11.9 Å². The van der Waals surface area contributed by atoms with Crippen molar-refractivity contribution in [3.63, 3.8) is 0 Å². The first kappa shape index (κ1) is 14.5. The quantitative estimate of drug-likeness (QED) is 0.738. The first-order valence-electron chi connectivity index (χ1n) is 6.40. The number of hydrogen-bond acceptors (Lipinski definition) is 2. The Morgan fingerprint density at radius 2 is 1.83 bits per heavy atom.